The first-order valence-corrected chi connectivity index (χ1v) is 9.54. The Hall–Kier alpha value is -4.75. The fourth-order valence-corrected chi connectivity index (χ4v) is 2.89. The molecule has 10 nitrogen and oxygen atoms in total. The number of non-ortho nitro benzene ring substituents is 1. The van der Waals surface area contributed by atoms with E-state index >= 15 is 0 Å². The molecule has 11 heteroatoms. The van der Waals surface area contributed by atoms with Crippen molar-refractivity contribution >= 4 is 40.6 Å². The standard InChI is InChI=1S/C22H13ClN4O6/c23-18-6-1-2-7-19(18)25-22(28)15(13-24)10-14-4-3-5-17(11-14)33-21-9-8-16(26(29)30)12-20(21)27(31)32/h1-12H,(H,25,28)/b15-10-. The predicted molar refractivity (Wildman–Crippen MR) is 120 cm³/mol. The number of carbonyl (C=O) groups is 1. The summed E-state index contributed by atoms with van der Waals surface area (Å²) in [5.74, 6) is -0.726. The van der Waals surface area contributed by atoms with Crippen molar-refractivity contribution in [3.63, 3.8) is 0 Å². The number of anilines is 1. The summed E-state index contributed by atoms with van der Waals surface area (Å²) >= 11 is 6.02. The second-order valence-electron chi connectivity index (χ2n) is 6.44. The number of halogens is 1. The SMILES string of the molecule is N#C/C(=C/c1cccc(Oc2ccc([N+](=O)[O-])cc2[N+](=O)[O-])c1)C(=O)Nc1ccccc1Cl. The van der Waals surface area contributed by atoms with Gasteiger partial charge in [0, 0.05) is 6.07 Å². The predicted octanol–water partition coefficient (Wildman–Crippen LogP) is 5.49. The van der Waals surface area contributed by atoms with Gasteiger partial charge >= 0.3 is 5.69 Å². The van der Waals surface area contributed by atoms with Gasteiger partial charge < -0.3 is 10.1 Å². The van der Waals surface area contributed by atoms with Gasteiger partial charge in [0.1, 0.15) is 17.4 Å². The van der Waals surface area contributed by atoms with Crippen LogP contribution in [-0.2, 0) is 4.79 Å². The van der Waals surface area contributed by atoms with E-state index < -0.39 is 27.1 Å². The summed E-state index contributed by atoms with van der Waals surface area (Å²) in [5, 5.41) is 34.4. The van der Waals surface area contributed by atoms with E-state index in [1.165, 1.54) is 18.2 Å². The Morgan fingerprint density at radius 1 is 1.03 bits per heavy atom. The number of nitrogens with one attached hydrogen (secondary N) is 1. The summed E-state index contributed by atoms with van der Waals surface area (Å²) in [6.45, 7) is 0. The number of nitriles is 1. The van der Waals surface area contributed by atoms with Crippen molar-refractivity contribution in [2.24, 2.45) is 0 Å². The monoisotopic (exact) mass is 464 g/mol. The quantitative estimate of drug-likeness (QED) is 0.210. The number of amides is 1. The number of carbonyl (C=O) groups excluding carboxylic acids is 1. The molecule has 0 bridgehead atoms. The molecule has 0 heterocycles. The normalized spacial score (nSPS) is 10.7. The number of ether oxygens (including phenoxy) is 1. The highest BCUT2D eigenvalue weighted by molar-refractivity contribution is 6.34. The van der Waals surface area contributed by atoms with Crippen LogP contribution in [0.4, 0.5) is 17.1 Å². The summed E-state index contributed by atoms with van der Waals surface area (Å²) in [6.07, 6.45) is 1.31. The van der Waals surface area contributed by atoms with E-state index in [-0.39, 0.29) is 17.1 Å². The van der Waals surface area contributed by atoms with Crippen molar-refractivity contribution in [2.75, 3.05) is 5.32 Å². The van der Waals surface area contributed by atoms with E-state index in [9.17, 15) is 30.3 Å². The molecule has 0 atom stereocenters. The molecule has 0 saturated carbocycles. The summed E-state index contributed by atoms with van der Waals surface area (Å²) < 4.78 is 5.54. The highest BCUT2D eigenvalue weighted by atomic mass is 35.5. The molecule has 3 aromatic rings. The molecule has 0 saturated heterocycles. The van der Waals surface area contributed by atoms with Crippen LogP contribution in [0.25, 0.3) is 6.08 Å². The molecule has 164 valence electrons. The van der Waals surface area contributed by atoms with Gasteiger partial charge in [-0.15, -0.1) is 0 Å². The highest BCUT2D eigenvalue weighted by Crippen LogP contribution is 2.34. The zero-order valence-corrected chi connectivity index (χ0v) is 17.4. The summed E-state index contributed by atoms with van der Waals surface area (Å²) in [4.78, 5) is 33.1. The van der Waals surface area contributed by atoms with E-state index in [1.54, 1.807) is 36.4 Å². The van der Waals surface area contributed by atoms with Crippen molar-refractivity contribution in [1.82, 2.24) is 0 Å². The van der Waals surface area contributed by atoms with Crippen LogP contribution in [0, 0.1) is 31.6 Å². The van der Waals surface area contributed by atoms with Crippen molar-refractivity contribution in [3.05, 3.63) is 103 Å². The van der Waals surface area contributed by atoms with Gasteiger partial charge in [0.05, 0.1) is 26.6 Å². The molecule has 0 radical (unpaired) electrons. The van der Waals surface area contributed by atoms with E-state index in [1.807, 2.05) is 6.07 Å². The van der Waals surface area contributed by atoms with Gasteiger partial charge in [-0.2, -0.15) is 5.26 Å². The maximum atomic E-state index is 12.5. The zero-order valence-electron chi connectivity index (χ0n) is 16.6. The Kier molecular flexibility index (Phi) is 6.97. The van der Waals surface area contributed by atoms with Gasteiger partial charge in [0.15, 0.2) is 0 Å². The molecule has 0 aliphatic carbocycles. The van der Waals surface area contributed by atoms with Crippen molar-refractivity contribution < 1.29 is 19.4 Å². The molecular weight excluding hydrogens is 452 g/mol. The number of nitro benzene ring substituents is 2. The topological polar surface area (TPSA) is 148 Å². The average Bonchev–Trinajstić information content (AvgIpc) is 2.79. The number of para-hydroxylation sites is 1. The lowest BCUT2D eigenvalue weighted by Gasteiger charge is -2.08. The second-order valence-corrected chi connectivity index (χ2v) is 6.85. The van der Waals surface area contributed by atoms with Crippen molar-refractivity contribution in [1.29, 1.82) is 5.26 Å². The minimum absolute atomic E-state index is 0.157. The highest BCUT2D eigenvalue weighted by Gasteiger charge is 2.21. The van der Waals surface area contributed by atoms with Crippen molar-refractivity contribution in [2.45, 2.75) is 0 Å². The number of nitro groups is 2. The minimum atomic E-state index is -0.793. The Bertz CT molecular complexity index is 1330. The maximum Gasteiger partial charge on any atom is 0.318 e. The van der Waals surface area contributed by atoms with E-state index in [4.69, 9.17) is 16.3 Å². The average molecular weight is 465 g/mol. The van der Waals surface area contributed by atoms with Gasteiger partial charge in [-0.25, -0.2) is 0 Å². The van der Waals surface area contributed by atoms with Crippen LogP contribution in [0.2, 0.25) is 5.02 Å². The molecule has 0 aliphatic rings. The summed E-state index contributed by atoms with van der Waals surface area (Å²) in [7, 11) is 0. The molecule has 0 spiro atoms. The van der Waals surface area contributed by atoms with E-state index in [0.717, 1.165) is 18.2 Å². The van der Waals surface area contributed by atoms with Crippen LogP contribution in [0.3, 0.4) is 0 Å². The third kappa shape index (κ3) is 5.69. The molecule has 0 unspecified atom stereocenters. The third-order valence-electron chi connectivity index (χ3n) is 4.23. The summed E-state index contributed by atoms with van der Waals surface area (Å²) in [5.41, 5.74) is -0.500. The van der Waals surface area contributed by atoms with E-state index in [0.29, 0.717) is 16.3 Å². The molecule has 0 fully saturated rings. The Morgan fingerprint density at radius 3 is 2.45 bits per heavy atom. The van der Waals surface area contributed by atoms with Crippen LogP contribution in [0.5, 0.6) is 11.5 Å². The summed E-state index contributed by atoms with van der Waals surface area (Å²) in [6, 6.07) is 17.5. The minimum Gasteiger partial charge on any atom is -0.450 e. The smallest absolute Gasteiger partial charge is 0.318 e. The number of benzene rings is 3. The lowest BCUT2D eigenvalue weighted by molar-refractivity contribution is -0.394. The first-order valence-electron chi connectivity index (χ1n) is 9.17. The fraction of sp³-hybridized carbons (Fsp3) is 0. The van der Waals surface area contributed by atoms with Crippen molar-refractivity contribution in [3.8, 4) is 17.6 Å². The molecule has 1 N–H and O–H groups in total. The molecule has 3 aromatic carbocycles. The number of rotatable bonds is 7. The maximum absolute atomic E-state index is 12.5. The van der Waals surface area contributed by atoms with Gasteiger partial charge in [-0.1, -0.05) is 35.9 Å². The molecule has 0 aliphatic heterocycles. The van der Waals surface area contributed by atoms with Gasteiger partial charge in [0.2, 0.25) is 5.75 Å². The first kappa shape index (κ1) is 22.9. The van der Waals surface area contributed by atoms with Gasteiger partial charge in [-0.3, -0.25) is 25.0 Å². The number of nitrogens with zero attached hydrogens (tertiary/aromatic N) is 3. The Morgan fingerprint density at radius 2 is 1.79 bits per heavy atom. The molecule has 1 amide bonds. The third-order valence-corrected chi connectivity index (χ3v) is 4.56. The fourth-order valence-electron chi connectivity index (χ4n) is 2.71. The largest absolute Gasteiger partial charge is 0.450 e. The zero-order chi connectivity index (χ0) is 24.0. The first-order chi connectivity index (χ1) is 15.8. The molecule has 3 rings (SSSR count). The van der Waals surface area contributed by atoms with Crippen LogP contribution in [-0.4, -0.2) is 15.8 Å². The Labute approximate surface area is 191 Å². The lowest BCUT2D eigenvalue weighted by Crippen LogP contribution is -2.13. The van der Waals surface area contributed by atoms with Crippen LogP contribution < -0.4 is 10.1 Å². The lowest BCUT2D eigenvalue weighted by atomic mass is 10.1. The van der Waals surface area contributed by atoms with Crippen LogP contribution in [0.1, 0.15) is 5.56 Å². The molecule has 0 aromatic heterocycles. The second kappa shape index (κ2) is 10.0. The van der Waals surface area contributed by atoms with E-state index in [2.05, 4.69) is 5.32 Å². The molecular formula is C22H13ClN4O6. The van der Waals surface area contributed by atoms with Crippen LogP contribution in [0.15, 0.2) is 72.3 Å². The number of hydrogen-bond acceptors (Lipinski definition) is 7. The van der Waals surface area contributed by atoms with Gasteiger partial charge in [0.25, 0.3) is 11.6 Å². The number of hydrogen-bond donors (Lipinski definition) is 1. The molecule has 33 heavy (non-hydrogen) atoms. The van der Waals surface area contributed by atoms with Gasteiger partial charge in [-0.05, 0) is 42.0 Å². The Balaban J connectivity index is 1.86. The van der Waals surface area contributed by atoms with Crippen LogP contribution >= 0.6 is 11.6 Å².